The maximum Gasteiger partial charge on any atom is 0.258 e. The molecule has 0 bridgehead atoms. The Labute approximate surface area is 98.3 Å². The summed E-state index contributed by atoms with van der Waals surface area (Å²) >= 11 is 0. The Morgan fingerprint density at radius 2 is 2.18 bits per heavy atom. The molecule has 0 atom stereocenters. The summed E-state index contributed by atoms with van der Waals surface area (Å²) in [5.74, 6) is -1.00. The Morgan fingerprint density at radius 3 is 2.88 bits per heavy atom. The van der Waals surface area contributed by atoms with Crippen molar-refractivity contribution in [2.45, 2.75) is 6.92 Å². The topological polar surface area (TPSA) is 42.0 Å². The SMILES string of the molecule is Cc1ccc(F)c(C(=O)Nc2cccnc2)c1. The van der Waals surface area contributed by atoms with Crippen molar-refractivity contribution < 1.29 is 9.18 Å². The van der Waals surface area contributed by atoms with Gasteiger partial charge in [0.05, 0.1) is 17.4 Å². The summed E-state index contributed by atoms with van der Waals surface area (Å²) in [5, 5.41) is 2.58. The van der Waals surface area contributed by atoms with Crippen molar-refractivity contribution in [3.05, 3.63) is 59.7 Å². The van der Waals surface area contributed by atoms with Crippen LogP contribution in [0, 0.1) is 12.7 Å². The summed E-state index contributed by atoms with van der Waals surface area (Å²) in [6.07, 6.45) is 3.11. The number of carbonyl (C=O) groups excluding carboxylic acids is 1. The van der Waals surface area contributed by atoms with Crippen molar-refractivity contribution in [2.75, 3.05) is 5.32 Å². The van der Waals surface area contributed by atoms with E-state index in [1.807, 2.05) is 0 Å². The maximum atomic E-state index is 13.4. The molecule has 0 unspecified atom stereocenters. The lowest BCUT2D eigenvalue weighted by Crippen LogP contribution is -2.14. The number of nitrogens with one attached hydrogen (secondary N) is 1. The molecule has 4 heteroatoms. The van der Waals surface area contributed by atoms with Crippen LogP contribution in [0.3, 0.4) is 0 Å². The number of benzene rings is 1. The number of anilines is 1. The van der Waals surface area contributed by atoms with E-state index in [1.165, 1.54) is 18.3 Å². The van der Waals surface area contributed by atoms with Crippen LogP contribution in [0.15, 0.2) is 42.7 Å². The Balaban J connectivity index is 2.23. The average Bonchev–Trinajstić information content (AvgIpc) is 2.33. The highest BCUT2D eigenvalue weighted by atomic mass is 19.1. The number of hydrogen-bond acceptors (Lipinski definition) is 2. The van der Waals surface area contributed by atoms with Gasteiger partial charge in [0, 0.05) is 6.20 Å². The molecule has 2 aromatic rings. The second kappa shape index (κ2) is 4.74. The summed E-state index contributed by atoms with van der Waals surface area (Å²) in [4.78, 5) is 15.7. The van der Waals surface area contributed by atoms with Gasteiger partial charge in [-0.25, -0.2) is 4.39 Å². The van der Waals surface area contributed by atoms with E-state index in [4.69, 9.17) is 0 Å². The van der Waals surface area contributed by atoms with Gasteiger partial charge in [-0.2, -0.15) is 0 Å². The highest BCUT2D eigenvalue weighted by Gasteiger charge is 2.11. The summed E-state index contributed by atoms with van der Waals surface area (Å²) in [5.41, 5.74) is 1.41. The van der Waals surface area contributed by atoms with Gasteiger partial charge in [-0.3, -0.25) is 9.78 Å². The number of carbonyl (C=O) groups is 1. The van der Waals surface area contributed by atoms with Crippen LogP contribution in [0.4, 0.5) is 10.1 Å². The highest BCUT2D eigenvalue weighted by molar-refractivity contribution is 6.04. The van der Waals surface area contributed by atoms with Gasteiger partial charge in [-0.1, -0.05) is 11.6 Å². The fourth-order valence-electron chi connectivity index (χ4n) is 1.45. The molecule has 1 aromatic heterocycles. The molecule has 0 fully saturated rings. The predicted octanol–water partition coefficient (Wildman–Crippen LogP) is 2.78. The Hall–Kier alpha value is -2.23. The Bertz CT molecular complexity index is 540. The third-order valence-electron chi connectivity index (χ3n) is 2.29. The maximum absolute atomic E-state index is 13.4. The van der Waals surface area contributed by atoms with Crippen LogP contribution in [-0.4, -0.2) is 10.9 Å². The second-order valence-electron chi connectivity index (χ2n) is 3.68. The van der Waals surface area contributed by atoms with Crippen LogP contribution in [0.1, 0.15) is 15.9 Å². The first-order valence-corrected chi connectivity index (χ1v) is 5.14. The summed E-state index contributed by atoms with van der Waals surface area (Å²) in [6, 6.07) is 7.81. The molecule has 0 aliphatic rings. The number of pyridine rings is 1. The first-order valence-electron chi connectivity index (χ1n) is 5.14. The van der Waals surface area contributed by atoms with Crippen molar-refractivity contribution in [2.24, 2.45) is 0 Å². The van der Waals surface area contributed by atoms with Gasteiger partial charge in [-0.15, -0.1) is 0 Å². The van der Waals surface area contributed by atoms with Gasteiger partial charge in [0.25, 0.3) is 5.91 Å². The number of aromatic nitrogens is 1. The predicted molar refractivity (Wildman–Crippen MR) is 63.3 cm³/mol. The van der Waals surface area contributed by atoms with Crippen molar-refractivity contribution in [1.82, 2.24) is 4.98 Å². The number of hydrogen-bond donors (Lipinski definition) is 1. The summed E-state index contributed by atoms with van der Waals surface area (Å²) < 4.78 is 13.4. The minimum absolute atomic E-state index is 0.0360. The number of nitrogens with zero attached hydrogens (tertiary/aromatic N) is 1. The van der Waals surface area contributed by atoms with Gasteiger partial charge in [0.15, 0.2) is 0 Å². The van der Waals surface area contributed by atoms with Crippen molar-refractivity contribution in [3.63, 3.8) is 0 Å². The van der Waals surface area contributed by atoms with E-state index in [0.29, 0.717) is 5.69 Å². The molecule has 0 aliphatic heterocycles. The Kier molecular flexibility index (Phi) is 3.14. The van der Waals surface area contributed by atoms with Gasteiger partial charge >= 0.3 is 0 Å². The zero-order valence-corrected chi connectivity index (χ0v) is 9.27. The fourth-order valence-corrected chi connectivity index (χ4v) is 1.45. The molecule has 1 amide bonds. The molecular weight excluding hydrogens is 219 g/mol. The van der Waals surface area contributed by atoms with Crippen molar-refractivity contribution in [1.29, 1.82) is 0 Å². The van der Waals surface area contributed by atoms with Crippen LogP contribution in [0.2, 0.25) is 0 Å². The van der Waals surface area contributed by atoms with Crippen LogP contribution in [-0.2, 0) is 0 Å². The minimum atomic E-state index is -0.531. The molecule has 1 N–H and O–H groups in total. The van der Waals surface area contributed by atoms with Crippen LogP contribution >= 0.6 is 0 Å². The van der Waals surface area contributed by atoms with E-state index in [-0.39, 0.29) is 5.56 Å². The fraction of sp³-hybridized carbons (Fsp3) is 0.0769. The minimum Gasteiger partial charge on any atom is -0.320 e. The molecule has 0 saturated heterocycles. The lowest BCUT2D eigenvalue weighted by atomic mass is 10.1. The number of aryl methyl sites for hydroxylation is 1. The molecule has 1 aromatic carbocycles. The van der Waals surface area contributed by atoms with E-state index in [2.05, 4.69) is 10.3 Å². The molecule has 3 nitrogen and oxygen atoms in total. The molecular formula is C13H11FN2O. The van der Waals surface area contributed by atoms with Crippen LogP contribution in [0.25, 0.3) is 0 Å². The average molecular weight is 230 g/mol. The van der Waals surface area contributed by atoms with E-state index in [9.17, 15) is 9.18 Å². The van der Waals surface area contributed by atoms with E-state index >= 15 is 0 Å². The smallest absolute Gasteiger partial charge is 0.258 e. The quantitative estimate of drug-likeness (QED) is 0.861. The number of halogens is 1. The third-order valence-corrected chi connectivity index (χ3v) is 2.29. The normalized spacial score (nSPS) is 10.0. The standard InChI is InChI=1S/C13H11FN2O/c1-9-4-5-12(14)11(7-9)13(17)16-10-3-2-6-15-8-10/h2-8H,1H3,(H,16,17). The molecule has 0 radical (unpaired) electrons. The van der Waals surface area contributed by atoms with Crippen LogP contribution < -0.4 is 5.32 Å². The zero-order chi connectivity index (χ0) is 12.3. The lowest BCUT2D eigenvalue weighted by Gasteiger charge is -2.06. The monoisotopic (exact) mass is 230 g/mol. The van der Waals surface area contributed by atoms with Gasteiger partial charge in [0.2, 0.25) is 0 Å². The molecule has 0 saturated carbocycles. The molecule has 17 heavy (non-hydrogen) atoms. The molecule has 0 spiro atoms. The van der Waals surface area contributed by atoms with Gasteiger partial charge in [-0.05, 0) is 31.2 Å². The molecule has 86 valence electrons. The number of rotatable bonds is 2. The van der Waals surface area contributed by atoms with E-state index in [0.717, 1.165) is 5.56 Å². The van der Waals surface area contributed by atoms with Crippen molar-refractivity contribution >= 4 is 11.6 Å². The first kappa shape index (κ1) is 11.3. The summed E-state index contributed by atoms with van der Waals surface area (Å²) in [7, 11) is 0. The molecule has 0 aliphatic carbocycles. The van der Waals surface area contributed by atoms with Crippen molar-refractivity contribution in [3.8, 4) is 0 Å². The summed E-state index contributed by atoms with van der Waals surface area (Å²) in [6.45, 7) is 1.81. The Morgan fingerprint density at radius 1 is 1.35 bits per heavy atom. The molecule has 1 heterocycles. The van der Waals surface area contributed by atoms with Gasteiger partial charge < -0.3 is 5.32 Å². The van der Waals surface area contributed by atoms with E-state index < -0.39 is 11.7 Å². The zero-order valence-electron chi connectivity index (χ0n) is 9.27. The first-order chi connectivity index (χ1) is 8.16. The number of amides is 1. The third kappa shape index (κ3) is 2.66. The highest BCUT2D eigenvalue weighted by Crippen LogP contribution is 2.12. The second-order valence-corrected chi connectivity index (χ2v) is 3.68. The van der Waals surface area contributed by atoms with E-state index in [1.54, 1.807) is 31.3 Å². The van der Waals surface area contributed by atoms with Gasteiger partial charge in [0.1, 0.15) is 5.82 Å². The molecule has 2 rings (SSSR count). The van der Waals surface area contributed by atoms with Crippen LogP contribution in [0.5, 0.6) is 0 Å². The largest absolute Gasteiger partial charge is 0.320 e. The lowest BCUT2D eigenvalue weighted by molar-refractivity contribution is 0.102.